The lowest BCUT2D eigenvalue weighted by Crippen LogP contribution is -1.97. The summed E-state index contributed by atoms with van der Waals surface area (Å²) in [7, 11) is 1.31. The van der Waals surface area contributed by atoms with E-state index in [0.717, 1.165) is 0 Å². The Balaban J connectivity index is 2.85. The largest absolute Gasteiger partial charge is 0.245 e. The van der Waals surface area contributed by atoms with Gasteiger partial charge in [-0.1, -0.05) is 0 Å². The molecule has 0 spiro atoms. The summed E-state index contributed by atoms with van der Waals surface area (Å²) in [5.41, 5.74) is 0. The van der Waals surface area contributed by atoms with Crippen LogP contribution in [0.1, 0.15) is 0 Å². The monoisotopic (exact) mass is 76.0 g/mol. The van der Waals surface area contributed by atoms with Gasteiger partial charge in [0, 0.05) is 0 Å². The van der Waals surface area contributed by atoms with Gasteiger partial charge < -0.3 is 0 Å². The molecule has 1 N–H and O–H groups in total. The Morgan fingerprint density at radius 3 is 2.20 bits per heavy atom. The van der Waals surface area contributed by atoms with E-state index in [4.69, 9.17) is 5.21 Å². The van der Waals surface area contributed by atoms with Gasteiger partial charge in [-0.25, -0.2) is 10.0 Å². The van der Waals surface area contributed by atoms with E-state index in [1.54, 1.807) is 0 Å². The molecule has 3 heteroatoms. The average molecular weight is 76.1 g/mol. The highest BCUT2D eigenvalue weighted by molar-refractivity contribution is 5.12. The lowest BCUT2D eigenvalue weighted by atomic mass is 11.7. The summed E-state index contributed by atoms with van der Waals surface area (Å²) < 4.78 is 0. The summed E-state index contributed by atoms with van der Waals surface area (Å²) in [5, 5.41) is 7.86. The van der Waals surface area contributed by atoms with Gasteiger partial charge in [-0.15, -0.1) is 0 Å². The third kappa shape index (κ3) is 3.27. The maximum atomic E-state index is 7.86. The molecule has 0 saturated carbocycles. The maximum Gasteiger partial charge on any atom is 0.241 e. The van der Waals surface area contributed by atoms with E-state index in [2.05, 4.69) is 11.6 Å². The van der Waals surface area contributed by atoms with E-state index in [-0.39, 0.29) is 0 Å². The van der Waals surface area contributed by atoms with Crippen molar-refractivity contribution in [2.24, 2.45) is 0 Å². The molecule has 0 fully saturated rings. The van der Waals surface area contributed by atoms with E-state index in [1.165, 1.54) is 7.11 Å². The minimum Gasteiger partial charge on any atom is -0.245 e. The fourth-order valence-corrected chi connectivity index (χ4v) is 0. The Kier molecular flexibility index (Phi) is 1.35. The fourth-order valence-electron chi connectivity index (χ4n) is 0. The normalized spacial score (nSPS) is 6.60. The quantitative estimate of drug-likeness (QED) is 0.263. The predicted octanol–water partition coefficient (Wildman–Crippen LogP) is -0.350. The van der Waals surface area contributed by atoms with Crippen molar-refractivity contribution in [3.05, 3.63) is 0 Å². The zero-order valence-electron chi connectivity index (χ0n) is 3.01. The van der Waals surface area contributed by atoms with Crippen molar-refractivity contribution in [3.63, 3.8) is 0 Å². The molecule has 0 aromatic heterocycles. The summed E-state index contributed by atoms with van der Waals surface area (Å²) in [6.45, 7) is 2.92. The lowest BCUT2D eigenvalue weighted by Gasteiger charge is -1.75. The molecule has 0 aromatic rings. The van der Waals surface area contributed by atoms with E-state index in [1.807, 2.05) is 0 Å². The number of hydrogen-bond donors (Lipinski definition) is 1. The summed E-state index contributed by atoms with van der Waals surface area (Å²) in [6, 6.07) is 0. The van der Waals surface area contributed by atoms with Gasteiger partial charge in [0.15, 0.2) is 12.0 Å². The van der Waals surface area contributed by atoms with Crippen molar-refractivity contribution in [2.45, 2.75) is 0 Å². The third-order valence-corrected chi connectivity index (χ3v) is 0.211. The molecule has 0 aliphatic rings. The third-order valence-electron chi connectivity index (χ3n) is 0.211. The number of hydrogen-bond acceptors (Lipinski definition) is 2. The lowest BCUT2D eigenvalue weighted by molar-refractivity contribution is -0.952. The molecule has 0 amide bonds. The highest BCUT2D eigenvalue weighted by Crippen LogP contribution is 1.51. The van der Waals surface area contributed by atoms with Crippen LogP contribution in [0.25, 0.3) is 0 Å². The van der Waals surface area contributed by atoms with Crippen molar-refractivity contribution in [2.75, 3.05) is 7.11 Å². The Bertz CT molecular complexity index is 42.9. The van der Waals surface area contributed by atoms with Gasteiger partial charge in [-0.05, 0) is 0 Å². The van der Waals surface area contributed by atoms with E-state index >= 15 is 0 Å². The first kappa shape index (κ1) is 4.27. The second kappa shape index (κ2) is 1.58. The Morgan fingerprint density at radius 2 is 2.20 bits per heavy atom. The molecule has 0 radical (unpaired) electrons. The molecule has 0 heterocycles. The number of nitrogens with zero attached hydrogens (tertiary/aromatic N) is 1. The summed E-state index contributed by atoms with van der Waals surface area (Å²) >= 11 is 0. The first-order valence-electron chi connectivity index (χ1n) is 1.11. The molecule has 0 unspecified atom stereocenters. The topological polar surface area (TPSA) is 32.5 Å². The molecular formula is C2H6NO2+. The summed E-state index contributed by atoms with van der Waals surface area (Å²) in [5.74, 6) is 0. The molecule has 0 bridgehead atoms. The highest BCUT2D eigenvalue weighted by atomic mass is 16.8. The van der Waals surface area contributed by atoms with Crippen LogP contribution in [0.2, 0.25) is 0 Å². The molecule has 0 saturated heterocycles. The first-order chi connectivity index (χ1) is 2.27. The smallest absolute Gasteiger partial charge is 0.241 e. The first-order valence-corrected chi connectivity index (χ1v) is 1.11. The van der Waals surface area contributed by atoms with Crippen molar-refractivity contribution in [1.82, 2.24) is 0 Å². The molecule has 3 nitrogen and oxygen atoms in total. The molecule has 0 aromatic carbocycles. The molecule has 0 aliphatic carbocycles. The van der Waals surface area contributed by atoms with E-state index < -0.39 is 0 Å². The van der Waals surface area contributed by atoms with Gasteiger partial charge in [0.05, 0.1) is 0 Å². The van der Waals surface area contributed by atoms with Crippen molar-refractivity contribution < 1.29 is 14.9 Å². The summed E-state index contributed by atoms with van der Waals surface area (Å²) in [4.78, 5) is 4.40. The zero-order valence-corrected chi connectivity index (χ0v) is 3.01. The van der Waals surface area contributed by atoms with Crippen LogP contribution < -0.4 is 0 Å². The van der Waals surface area contributed by atoms with Crippen LogP contribution in [0.15, 0.2) is 0 Å². The van der Waals surface area contributed by atoms with Crippen LogP contribution in [-0.4, -0.2) is 23.9 Å². The molecule has 0 atom stereocenters. The van der Waals surface area contributed by atoms with Gasteiger partial charge >= 0.3 is 0 Å². The molecular weight excluding hydrogens is 70.0 g/mol. The Morgan fingerprint density at radius 1 is 2.00 bits per heavy atom. The summed E-state index contributed by atoms with van der Waals surface area (Å²) in [6.07, 6.45) is 0. The second-order valence-electron chi connectivity index (χ2n) is 0.535. The molecule has 0 aliphatic heterocycles. The average Bonchev–Trinajstić information content (AvgIpc) is 1.38. The van der Waals surface area contributed by atoms with Crippen LogP contribution in [-0.2, 0) is 4.84 Å². The Hall–Kier alpha value is -0.730. The maximum absolute atomic E-state index is 7.86. The van der Waals surface area contributed by atoms with Crippen LogP contribution in [0.4, 0.5) is 0 Å². The standard InChI is InChI=1S/C2H6NO2/c1-3(4)5-2/h4H,1H2,2H3/q+1. The minimum atomic E-state index is 0.375. The zero-order chi connectivity index (χ0) is 4.28. The van der Waals surface area contributed by atoms with Gasteiger partial charge in [0.2, 0.25) is 6.72 Å². The van der Waals surface area contributed by atoms with Crippen molar-refractivity contribution >= 4 is 6.72 Å². The van der Waals surface area contributed by atoms with Crippen molar-refractivity contribution in [3.8, 4) is 0 Å². The fraction of sp³-hybridized carbons (Fsp3) is 0.500. The minimum absolute atomic E-state index is 0.375. The second-order valence-corrected chi connectivity index (χ2v) is 0.535. The SMILES string of the molecule is C=[N+](O)OC. The predicted molar refractivity (Wildman–Crippen MR) is 16.2 cm³/mol. The van der Waals surface area contributed by atoms with Crippen LogP contribution in [0.3, 0.4) is 0 Å². The van der Waals surface area contributed by atoms with Gasteiger partial charge in [-0.3, -0.25) is 0 Å². The van der Waals surface area contributed by atoms with E-state index in [9.17, 15) is 0 Å². The molecule has 0 rings (SSSR count). The van der Waals surface area contributed by atoms with Gasteiger partial charge in [0.1, 0.15) is 0 Å². The van der Waals surface area contributed by atoms with Crippen LogP contribution in [0.5, 0.6) is 0 Å². The van der Waals surface area contributed by atoms with Crippen LogP contribution >= 0.6 is 0 Å². The van der Waals surface area contributed by atoms with Crippen LogP contribution in [0, 0.1) is 0 Å². The molecule has 5 heavy (non-hydrogen) atoms. The highest BCUT2D eigenvalue weighted by Gasteiger charge is 1.75. The van der Waals surface area contributed by atoms with Crippen molar-refractivity contribution in [1.29, 1.82) is 0 Å². The van der Waals surface area contributed by atoms with Gasteiger partial charge in [0.25, 0.3) is 0 Å². The molecule has 30 valence electrons. The van der Waals surface area contributed by atoms with E-state index in [0.29, 0.717) is 4.90 Å². The Labute approximate surface area is 30.0 Å². The van der Waals surface area contributed by atoms with Gasteiger partial charge in [-0.2, -0.15) is 0 Å². The number of rotatable bonds is 1.